The van der Waals surface area contributed by atoms with E-state index in [9.17, 15) is 21.6 Å². The molecule has 0 saturated carbocycles. The van der Waals surface area contributed by atoms with Gasteiger partial charge < -0.3 is 5.32 Å². The Morgan fingerprint density at radius 1 is 1.25 bits per heavy atom. The molecule has 114 valence electrons. The Bertz CT molecular complexity index is 555. The molecule has 1 aromatic rings. The van der Waals surface area contributed by atoms with Gasteiger partial charge in [-0.3, -0.25) is 0 Å². The SMILES string of the molecule is CCNC(C)C(C)S(=O)(=O)c1cccc(C(F)(F)F)c1. The zero-order valence-electron chi connectivity index (χ0n) is 11.5. The van der Waals surface area contributed by atoms with Gasteiger partial charge in [0, 0.05) is 6.04 Å². The van der Waals surface area contributed by atoms with Crippen LogP contribution in [0, 0.1) is 0 Å². The first-order valence-electron chi connectivity index (χ1n) is 6.25. The van der Waals surface area contributed by atoms with Crippen molar-refractivity contribution < 1.29 is 21.6 Å². The lowest BCUT2D eigenvalue weighted by molar-refractivity contribution is -0.137. The molecular weight excluding hydrogens is 291 g/mol. The number of alkyl halides is 3. The monoisotopic (exact) mass is 309 g/mol. The zero-order chi connectivity index (χ0) is 15.6. The molecule has 0 bridgehead atoms. The fraction of sp³-hybridized carbons (Fsp3) is 0.538. The summed E-state index contributed by atoms with van der Waals surface area (Å²) < 4.78 is 62.5. The van der Waals surface area contributed by atoms with Crippen LogP contribution < -0.4 is 5.32 Å². The summed E-state index contributed by atoms with van der Waals surface area (Å²) >= 11 is 0. The van der Waals surface area contributed by atoms with Crippen molar-refractivity contribution in [3.05, 3.63) is 29.8 Å². The maximum atomic E-state index is 12.6. The van der Waals surface area contributed by atoms with Gasteiger partial charge in [-0.15, -0.1) is 0 Å². The summed E-state index contributed by atoms with van der Waals surface area (Å²) in [4.78, 5) is -0.301. The molecule has 0 heterocycles. The number of sulfone groups is 1. The third-order valence-electron chi connectivity index (χ3n) is 3.21. The molecule has 7 heteroatoms. The summed E-state index contributed by atoms with van der Waals surface area (Å²) in [7, 11) is -3.81. The molecule has 2 atom stereocenters. The lowest BCUT2D eigenvalue weighted by Gasteiger charge is -2.21. The smallest absolute Gasteiger partial charge is 0.313 e. The maximum absolute atomic E-state index is 12.6. The van der Waals surface area contributed by atoms with E-state index < -0.39 is 26.8 Å². The van der Waals surface area contributed by atoms with Gasteiger partial charge in [0.05, 0.1) is 15.7 Å². The molecule has 0 radical (unpaired) electrons. The van der Waals surface area contributed by atoms with Gasteiger partial charge >= 0.3 is 6.18 Å². The van der Waals surface area contributed by atoms with Gasteiger partial charge in [-0.05, 0) is 38.6 Å². The van der Waals surface area contributed by atoms with Gasteiger partial charge in [0.25, 0.3) is 0 Å². The maximum Gasteiger partial charge on any atom is 0.416 e. The van der Waals surface area contributed by atoms with Crippen LogP contribution in [0.3, 0.4) is 0 Å². The van der Waals surface area contributed by atoms with Gasteiger partial charge in [0.1, 0.15) is 0 Å². The highest BCUT2D eigenvalue weighted by Gasteiger charge is 2.33. The largest absolute Gasteiger partial charge is 0.416 e. The molecule has 0 aromatic heterocycles. The standard InChI is InChI=1S/C13H18F3NO2S/c1-4-17-9(2)10(3)20(18,19)12-7-5-6-11(8-12)13(14,15)16/h5-10,17H,4H2,1-3H3. The van der Waals surface area contributed by atoms with Gasteiger partial charge in [-0.2, -0.15) is 13.2 Å². The molecular formula is C13H18F3NO2S. The van der Waals surface area contributed by atoms with Crippen LogP contribution >= 0.6 is 0 Å². The quantitative estimate of drug-likeness (QED) is 0.910. The summed E-state index contributed by atoms with van der Waals surface area (Å²) in [6.07, 6.45) is -4.55. The van der Waals surface area contributed by atoms with Crippen LogP contribution in [0.5, 0.6) is 0 Å². The average molecular weight is 309 g/mol. The molecule has 1 aromatic carbocycles. The Balaban J connectivity index is 3.16. The first-order valence-corrected chi connectivity index (χ1v) is 7.80. The van der Waals surface area contributed by atoms with Crippen LogP contribution in [0.25, 0.3) is 0 Å². The summed E-state index contributed by atoms with van der Waals surface area (Å²) in [5.74, 6) is 0. The van der Waals surface area contributed by atoms with E-state index in [0.29, 0.717) is 12.6 Å². The second-order valence-electron chi connectivity index (χ2n) is 4.62. The predicted molar refractivity (Wildman–Crippen MR) is 71.2 cm³/mol. The topological polar surface area (TPSA) is 46.2 Å². The van der Waals surface area contributed by atoms with Crippen LogP contribution in [0.2, 0.25) is 0 Å². The molecule has 20 heavy (non-hydrogen) atoms. The fourth-order valence-electron chi connectivity index (χ4n) is 1.82. The van der Waals surface area contributed by atoms with Crippen LogP contribution in [0.4, 0.5) is 13.2 Å². The van der Waals surface area contributed by atoms with Gasteiger partial charge in [-0.25, -0.2) is 8.42 Å². The van der Waals surface area contributed by atoms with Crippen molar-refractivity contribution in [2.75, 3.05) is 6.54 Å². The Kier molecular flexibility index (Phi) is 5.21. The van der Waals surface area contributed by atoms with Crippen molar-refractivity contribution in [2.45, 2.75) is 43.1 Å². The molecule has 0 aliphatic carbocycles. The predicted octanol–water partition coefficient (Wildman–Crippen LogP) is 2.87. The second-order valence-corrected chi connectivity index (χ2v) is 6.93. The Morgan fingerprint density at radius 3 is 2.35 bits per heavy atom. The zero-order valence-corrected chi connectivity index (χ0v) is 12.3. The number of halogens is 3. The van der Waals surface area contributed by atoms with Crippen molar-refractivity contribution in [1.29, 1.82) is 0 Å². The Hall–Kier alpha value is -1.08. The van der Waals surface area contributed by atoms with Gasteiger partial charge in [0.15, 0.2) is 9.84 Å². The molecule has 0 aliphatic rings. The van der Waals surface area contributed by atoms with Crippen molar-refractivity contribution in [2.24, 2.45) is 0 Å². The molecule has 0 amide bonds. The van der Waals surface area contributed by atoms with E-state index in [2.05, 4.69) is 5.32 Å². The second kappa shape index (κ2) is 6.13. The lowest BCUT2D eigenvalue weighted by atomic mass is 10.2. The molecule has 1 N–H and O–H groups in total. The molecule has 2 unspecified atom stereocenters. The van der Waals surface area contributed by atoms with Gasteiger partial charge in [-0.1, -0.05) is 13.0 Å². The highest BCUT2D eigenvalue weighted by Crippen LogP contribution is 2.31. The first-order chi connectivity index (χ1) is 9.10. The van der Waals surface area contributed by atoms with E-state index in [-0.39, 0.29) is 10.9 Å². The number of benzene rings is 1. The number of nitrogens with one attached hydrogen (secondary N) is 1. The minimum absolute atomic E-state index is 0.301. The molecule has 1 rings (SSSR count). The third-order valence-corrected chi connectivity index (χ3v) is 5.51. The summed E-state index contributed by atoms with van der Waals surface area (Å²) in [6.45, 7) is 5.60. The highest BCUT2D eigenvalue weighted by molar-refractivity contribution is 7.92. The molecule has 3 nitrogen and oxygen atoms in total. The number of hydrogen-bond acceptors (Lipinski definition) is 3. The fourth-order valence-corrected chi connectivity index (χ4v) is 3.44. The average Bonchev–Trinajstić information content (AvgIpc) is 2.37. The third kappa shape index (κ3) is 3.73. The van der Waals surface area contributed by atoms with E-state index in [1.165, 1.54) is 13.0 Å². The summed E-state index contributed by atoms with van der Waals surface area (Å²) in [5.41, 5.74) is -0.957. The van der Waals surface area contributed by atoms with E-state index in [0.717, 1.165) is 12.1 Å². The van der Waals surface area contributed by atoms with Crippen molar-refractivity contribution in [3.63, 3.8) is 0 Å². The molecule has 0 fully saturated rings. The first kappa shape index (κ1) is 17.0. The Labute approximate surface area is 117 Å². The normalized spacial score (nSPS) is 15.9. The molecule has 0 spiro atoms. The van der Waals surface area contributed by atoms with E-state index in [1.807, 2.05) is 6.92 Å². The minimum Gasteiger partial charge on any atom is -0.313 e. The van der Waals surface area contributed by atoms with Crippen LogP contribution in [-0.4, -0.2) is 26.3 Å². The highest BCUT2D eigenvalue weighted by atomic mass is 32.2. The van der Waals surface area contributed by atoms with E-state index in [4.69, 9.17) is 0 Å². The van der Waals surface area contributed by atoms with Crippen molar-refractivity contribution in [3.8, 4) is 0 Å². The number of hydrogen-bond donors (Lipinski definition) is 1. The Morgan fingerprint density at radius 2 is 1.85 bits per heavy atom. The van der Waals surface area contributed by atoms with Crippen LogP contribution in [-0.2, 0) is 16.0 Å². The van der Waals surface area contributed by atoms with Gasteiger partial charge in [0.2, 0.25) is 0 Å². The van der Waals surface area contributed by atoms with Crippen molar-refractivity contribution in [1.82, 2.24) is 5.32 Å². The summed E-state index contributed by atoms with van der Waals surface area (Å²) in [6, 6.07) is 3.50. The van der Waals surface area contributed by atoms with Crippen molar-refractivity contribution >= 4 is 9.84 Å². The minimum atomic E-state index is -4.55. The van der Waals surface area contributed by atoms with Crippen LogP contribution in [0.1, 0.15) is 26.3 Å². The van der Waals surface area contributed by atoms with E-state index in [1.54, 1.807) is 6.92 Å². The number of rotatable bonds is 5. The van der Waals surface area contributed by atoms with Crippen LogP contribution in [0.15, 0.2) is 29.2 Å². The summed E-state index contributed by atoms with van der Waals surface area (Å²) in [5, 5.41) is 2.15. The lowest BCUT2D eigenvalue weighted by Crippen LogP contribution is -2.40. The molecule has 0 saturated heterocycles. The molecule has 0 aliphatic heterocycles. The van der Waals surface area contributed by atoms with E-state index >= 15 is 0 Å².